The Morgan fingerprint density at radius 2 is 0.938 bits per heavy atom. The third-order valence-electron chi connectivity index (χ3n) is 1.36. The maximum absolute atomic E-state index is 10.2. The molecule has 0 radical (unpaired) electrons. The molecule has 0 aliphatic heterocycles. The average molecular weight is 282 g/mol. The molecule has 0 aliphatic carbocycles. The largest absolute Gasteiger partial charge is 1.00 e. The van der Waals surface area contributed by atoms with Gasteiger partial charge < -0.3 is 36.2 Å². The third kappa shape index (κ3) is 6.12. The maximum Gasteiger partial charge on any atom is 1.00 e. The van der Waals surface area contributed by atoms with Crippen LogP contribution < -0.4 is 10.2 Å². The van der Waals surface area contributed by atoms with E-state index in [9.17, 15) is 19.8 Å². The Morgan fingerprint density at radius 1 is 0.750 bits per heavy atom. The van der Waals surface area contributed by atoms with Gasteiger partial charge in [-0.05, 0) is 11.1 Å². The summed E-state index contributed by atoms with van der Waals surface area (Å²) in [6.07, 6.45) is 0. The molecule has 0 saturated carbocycles. The molecule has 0 unspecified atom stereocenters. The van der Waals surface area contributed by atoms with Gasteiger partial charge in [-0.2, -0.15) is 0 Å². The fourth-order valence-electron chi connectivity index (χ4n) is 0.742. The predicted molar refractivity (Wildman–Crippen MR) is 45.9 cm³/mol. The van der Waals surface area contributed by atoms with Gasteiger partial charge in [0.15, 0.2) is 0 Å². The van der Waals surface area contributed by atoms with Crippen LogP contribution in [-0.2, 0) is 17.1 Å². The topological polar surface area (TPSA) is 175 Å². The third-order valence-corrected chi connectivity index (χ3v) is 1.36. The molecule has 0 saturated heterocycles. The van der Waals surface area contributed by atoms with E-state index in [-0.39, 0.29) is 44.6 Å². The summed E-state index contributed by atoms with van der Waals surface area (Å²) < 4.78 is 0. The average Bonchev–Trinajstić information content (AvgIpc) is 2.04. The summed E-state index contributed by atoms with van der Waals surface area (Å²) in [6.45, 7) is 0. The Bertz CT molecular complexity index is 289. The van der Waals surface area contributed by atoms with Crippen LogP contribution in [0.5, 0.6) is 0 Å². The van der Waals surface area contributed by atoms with E-state index in [1.165, 1.54) is 0 Å². The Morgan fingerprint density at radius 3 is 1.06 bits per heavy atom. The van der Waals surface area contributed by atoms with Gasteiger partial charge in [-0.25, -0.2) is 0 Å². The number of carboxylic acid groups (broad SMARTS) is 2. The molecular formula is C8H10CuO7-. The van der Waals surface area contributed by atoms with Crippen molar-refractivity contribution in [2.24, 2.45) is 0 Å². The van der Waals surface area contributed by atoms with Crippen LogP contribution in [0, 0.1) is 0 Å². The molecule has 0 fully saturated rings. The number of aromatic carboxylic acids is 2. The summed E-state index contributed by atoms with van der Waals surface area (Å²) in [7, 11) is 0. The first-order chi connectivity index (χ1) is 5.61. The van der Waals surface area contributed by atoms with Crippen LogP contribution in [0.2, 0.25) is 0 Å². The standard InChI is InChI=1S/C8H6O4.Cu.3H2O/c9-7(10)5-1-2-6(4-3-5)8(11)12;;;;/h1-4H,(H,9,10)(H,11,12);;3*1H2/q;+1;;;/p-2. The molecule has 1 rings (SSSR count). The monoisotopic (exact) mass is 281 g/mol. The van der Waals surface area contributed by atoms with Crippen molar-refractivity contribution < 1.29 is 53.3 Å². The number of hydrogen-bond donors (Lipinski definition) is 0. The Balaban J connectivity index is -0.000000180. The molecule has 16 heavy (non-hydrogen) atoms. The smallest absolute Gasteiger partial charge is 0.545 e. The van der Waals surface area contributed by atoms with Crippen molar-refractivity contribution in [1.82, 2.24) is 0 Å². The number of benzene rings is 1. The predicted octanol–water partition coefficient (Wildman–Crippen LogP) is -4.06. The van der Waals surface area contributed by atoms with Gasteiger partial charge >= 0.3 is 17.1 Å². The van der Waals surface area contributed by atoms with Crippen molar-refractivity contribution in [3.8, 4) is 0 Å². The molecule has 8 heteroatoms. The van der Waals surface area contributed by atoms with E-state index in [0.717, 1.165) is 24.3 Å². The summed E-state index contributed by atoms with van der Waals surface area (Å²) in [5, 5.41) is 20.4. The summed E-state index contributed by atoms with van der Waals surface area (Å²) in [5.41, 5.74) is -0.111. The van der Waals surface area contributed by atoms with E-state index in [4.69, 9.17) is 0 Å². The van der Waals surface area contributed by atoms with Crippen molar-refractivity contribution in [3.63, 3.8) is 0 Å². The quantitative estimate of drug-likeness (QED) is 0.501. The van der Waals surface area contributed by atoms with Crippen LogP contribution in [-0.4, -0.2) is 28.4 Å². The van der Waals surface area contributed by atoms with E-state index in [1.807, 2.05) is 0 Å². The van der Waals surface area contributed by atoms with E-state index in [2.05, 4.69) is 0 Å². The van der Waals surface area contributed by atoms with Crippen LogP contribution in [0.15, 0.2) is 24.3 Å². The number of hydrogen-bond acceptors (Lipinski definition) is 4. The van der Waals surface area contributed by atoms with Gasteiger partial charge in [0.2, 0.25) is 0 Å². The van der Waals surface area contributed by atoms with Crippen LogP contribution in [0.1, 0.15) is 20.7 Å². The van der Waals surface area contributed by atoms with Crippen LogP contribution in [0.3, 0.4) is 0 Å². The second-order valence-corrected chi connectivity index (χ2v) is 2.15. The molecule has 0 heterocycles. The van der Waals surface area contributed by atoms with Crippen LogP contribution in [0.4, 0.5) is 0 Å². The van der Waals surface area contributed by atoms with Gasteiger partial charge in [-0.3, -0.25) is 0 Å². The fourth-order valence-corrected chi connectivity index (χ4v) is 0.742. The van der Waals surface area contributed by atoms with Crippen molar-refractivity contribution in [1.29, 1.82) is 0 Å². The van der Waals surface area contributed by atoms with Crippen molar-refractivity contribution in [3.05, 3.63) is 35.4 Å². The van der Waals surface area contributed by atoms with E-state index >= 15 is 0 Å². The Labute approximate surface area is 101 Å². The molecule has 6 N–H and O–H groups in total. The zero-order chi connectivity index (χ0) is 9.14. The zero-order valence-electron chi connectivity index (χ0n) is 7.74. The van der Waals surface area contributed by atoms with Gasteiger partial charge in [0, 0.05) is 0 Å². The number of carbonyl (C=O) groups is 2. The number of carbonyl (C=O) groups excluding carboxylic acids is 2. The minimum Gasteiger partial charge on any atom is -0.545 e. The molecule has 0 amide bonds. The van der Waals surface area contributed by atoms with Crippen molar-refractivity contribution >= 4 is 11.9 Å². The summed E-state index contributed by atoms with van der Waals surface area (Å²) >= 11 is 0. The summed E-state index contributed by atoms with van der Waals surface area (Å²) in [6, 6.07) is 4.61. The molecule has 7 nitrogen and oxygen atoms in total. The van der Waals surface area contributed by atoms with Gasteiger partial charge in [0.1, 0.15) is 0 Å². The van der Waals surface area contributed by atoms with E-state index in [1.54, 1.807) is 0 Å². The SMILES string of the molecule is O.O.O.O=C([O-])c1ccc(C(=O)[O-])cc1.[Cu+]. The molecule has 1 aromatic carbocycles. The number of rotatable bonds is 2. The summed E-state index contributed by atoms with van der Waals surface area (Å²) in [5.74, 6) is -2.67. The summed E-state index contributed by atoms with van der Waals surface area (Å²) in [4.78, 5) is 20.4. The Kier molecular flexibility index (Phi) is 15.1. The zero-order valence-corrected chi connectivity index (χ0v) is 8.69. The normalized spacial score (nSPS) is 7.00. The second-order valence-electron chi connectivity index (χ2n) is 2.15. The minimum atomic E-state index is -1.33. The van der Waals surface area contributed by atoms with Crippen molar-refractivity contribution in [2.75, 3.05) is 0 Å². The first-order valence-electron chi connectivity index (χ1n) is 3.14. The first-order valence-corrected chi connectivity index (χ1v) is 3.14. The molecule has 0 aromatic heterocycles. The first kappa shape index (κ1) is 24.0. The van der Waals surface area contributed by atoms with E-state index < -0.39 is 11.9 Å². The van der Waals surface area contributed by atoms with Gasteiger partial charge in [0.05, 0.1) is 11.9 Å². The molecule has 1 aromatic rings. The molecule has 0 atom stereocenters. The molecule has 0 aliphatic rings. The molecule has 0 spiro atoms. The van der Waals surface area contributed by atoms with Gasteiger partial charge in [-0.15, -0.1) is 0 Å². The molecule has 96 valence electrons. The Hall–Kier alpha value is -1.44. The number of carboxylic acids is 2. The van der Waals surface area contributed by atoms with Gasteiger partial charge in [-0.1, -0.05) is 24.3 Å². The van der Waals surface area contributed by atoms with Gasteiger partial charge in [0.25, 0.3) is 0 Å². The molecular weight excluding hydrogens is 272 g/mol. The fraction of sp³-hybridized carbons (Fsp3) is 0. The second kappa shape index (κ2) is 10.1. The van der Waals surface area contributed by atoms with Crippen molar-refractivity contribution in [2.45, 2.75) is 0 Å². The van der Waals surface area contributed by atoms with Crippen LogP contribution >= 0.6 is 0 Å². The van der Waals surface area contributed by atoms with Crippen LogP contribution in [0.25, 0.3) is 0 Å². The minimum absolute atomic E-state index is 0. The molecule has 0 bridgehead atoms. The maximum atomic E-state index is 10.2. The van der Waals surface area contributed by atoms with E-state index in [0.29, 0.717) is 0 Å².